The molecule has 9 heteroatoms. The molecule has 3 rings (SSSR count). The number of aromatic nitrogens is 1. The summed E-state index contributed by atoms with van der Waals surface area (Å²) in [5.74, 6) is 2.08. The number of nitrogens with one attached hydrogen (secondary N) is 1. The minimum Gasteiger partial charge on any atom is -0.339 e. The number of halogens is 3. The SMILES string of the molecule is Cl.Cl.Cl.O=C(C1CSCN1)N1CCN(Cc2ccccn2)CC1. The summed E-state index contributed by atoms with van der Waals surface area (Å²) < 4.78 is 0. The highest BCUT2D eigenvalue weighted by atomic mass is 35.5. The van der Waals surface area contributed by atoms with Crippen molar-refractivity contribution in [3.05, 3.63) is 30.1 Å². The number of thioether (sulfide) groups is 1. The first kappa shape index (κ1) is 22.8. The molecule has 2 aliphatic rings. The standard InChI is InChI=1S/C14H20N4OS.3ClH/c19-14(13-10-20-11-16-13)18-7-5-17(6-8-18)9-12-3-1-2-4-15-12;;;/h1-4,13,16H,5-11H2;3*1H. The molecule has 1 unspecified atom stereocenters. The van der Waals surface area contributed by atoms with Gasteiger partial charge in [0, 0.05) is 50.6 Å². The Labute approximate surface area is 160 Å². The Morgan fingerprint density at radius 1 is 1.22 bits per heavy atom. The molecule has 1 N–H and O–H groups in total. The van der Waals surface area contributed by atoms with Gasteiger partial charge in [0.25, 0.3) is 0 Å². The van der Waals surface area contributed by atoms with E-state index >= 15 is 0 Å². The minimum absolute atomic E-state index is 0. The van der Waals surface area contributed by atoms with Gasteiger partial charge in [-0.15, -0.1) is 49.0 Å². The Hall–Kier alpha value is -0.240. The van der Waals surface area contributed by atoms with E-state index in [1.165, 1.54) is 0 Å². The lowest BCUT2D eigenvalue weighted by molar-refractivity contribution is -0.134. The molecule has 1 amide bonds. The van der Waals surface area contributed by atoms with Crippen molar-refractivity contribution >= 4 is 54.9 Å². The molecule has 0 radical (unpaired) electrons. The molecule has 1 aromatic heterocycles. The zero-order valence-corrected chi connectivity index (χ0v) is 16.0. The number of hydrogen-bond donors (Lipinski definition) is 1. The van der Waals surface area contributed by atoms with Crippen LogP contribution in [0.25, 0.3) is 0 Å². The number of rotatable bonds is 3. The lowest BCUT2D eigenvalue weighted by Gasteiger charge is -2.35. The third-order valence-electron chi connectivity index (χ3n) is 3.81. The summed E-state index contributed by atoms with van der Waals surface area (Å²) in [6, 6.07) is 6.04. The fourth-order valence-corrected chi connectivity index (χ4v) is 3.55. The molecule has 0 bridgehead atoms. The Morgan fingerprint density at radius 3 is 2.52 bits per heavy atom. The molecule has 2 aliphatic heterocycles. The number of nitrogens with zero attached hydrogens (tertiary/aromatic N) is 3. The Kier molecular flexibility index (Phi) is 11.2. The average Bonchev–Trinajstić information content (AvgIpc) is 3.03. The van der Waals surface area contributed by atoms with Crippen LogP contribution in [0.2, 0.25) is 0 Å². The average molecular weight is 402 g/mol. The van der Waals surface area contributed by atoms with E-state index in [1.54, 1.807) is 11.8 Å². The van der Waals surface area contributed by atoms with Crippen LogP contribution >= 0.6 is 49.0 Å². The minimum atomic E-state index is 0. The van der Waals surface area contributed by atoms with Gasteiger partial charge in [0.05, 0.1) is 11.7 Å². The highest BCUT2D eigenvalue weighted by Gasteiger charge is 2.29. The predicted molar refractivity (Wildman–Crippen MR) is 102 cm³/mol. The maximum absolute atomic E-state index is 12.3. The highest BCUT2D eigenvalue weighted by molar-refractivity contribution is 7.99. The van der Waals surface area contributed by atoms with Gasteiger partial charge in [0.15, 0.2) is 0 Å². The molecule has 0 saturated carbocycles. The molecule has 0 aromatic carbocycles. The Balaban J connectivity index is 0.00000161. The van der Waals surface area contributed by atoms with Crippen LogP contribution in [-0.4, -0.2) is 64.5 Å². The van der Waals surface area contributed by atoms with E-state index in [0.717, 1.165) is 50.0 Å². The largest absolute Gasteiger partial charge is 0.339 e. The number of piperazine rings is 1. The van der Waals surface area contributed by atoms with E-state index in [0.29, 0.717) is 0 Å². The van der Waals surface area contributed by atoms with Crippen LogP contribution < -0.4 is 5.32 Å². The van der Waals surface area contributed by atoms with Gasteiger partial charge in [-0.3, -0.25) is 20.0 Å². The predicted octanol–water partition coefficient (Wildman–Crippen LogP) is 1.65. The van der Waals surface area contributed by atoms with Crippen LogP contribution in [0, 0.1) is 0 Å². The number of hydrogen-bond acceptors (Lipinski definition) is 5. The van der Waals surface area contributed by atoms with E-state index in [9.17, 15) is 4.79 Å². The van der Waals surface area contributed by atoms with E-state index in [-0.39, 0.29) is 49.2 Å². The van der Waals surface area contributed by atoms with Gasteiger partial charge in [-0.1, -0.05) is 6.07 Å². The molecular formula is C14H23Cl3N4OS. The topological polar surface area (TPSA) is 48.5 Å². The third-order valence-corrected chi connectivity index (χ3v) is 4.75. The van der Waals surface area contributed by atoms with Crippen molar-refractivity contribution in [3.63, 3.8) is 0 Å². The maximum Gasteiger partial charge on any atom is 0.240 e. The Morgan fingerprint density at radius 2 is 1.96 bits per heavy atom. The Bertz CT molecular complexity index is 455. The molecule has 0 spiro atoms. The summed E-state index contributed by atoms with van der Waals surface area (Å²) in [6.07, 6.45) is 1.83. The van der Waals surface area contributed by atoms with Crippen LogP contribution in [0.15, 0.2) is 24.4 Å². The second kappa shape index (κ2) is 11.3. The van der Waals surface area contributed by atoms with Gasteiger partial charge in [-0.2, -0.15) is 0 Å². The van der Waals surface area contributed by atoms with Crippen LogP contribution in [0.4, 0.5) is 0 Å². The van der Waals surface area contributed by atoms with Crippen LogP contribution in [0.3, 0.4) is 0 Å². The lowest BCUT2D eigenvalue weighted by atomic mass is 10.2. The van der Waals surface area contributed by atoms with Gasteiger partial charge in [0.2, 0.25) is 5.91 Å². The molecule has 5 nitrogen and oxygen atoms in total. The van der Waals surface area contributed by atoms with Crippen molar-refractivity contribution in [3.8, 4) is 0 Å². The van der Waals surface area contributed by atoms with Crippen molar-refractivity contribution in [1.82, 2.24) is 20.1 Å². The summed E-state index contributed by atoms with van der Waals surface area (Å²) in [7, 11) is 0. The van der Waals surface area contributed by atoms with Crippen molar-refractivity contribution in [2.45, 2.75) is 12.6 Å². The maximum atomic E-state index is 12.3. The molecule has 1 atom stereocenters. The quantitative estimate of drug-likeness (QED) is 0.834. The molecule has 23 heavy (non-hydrogen) atoms. The molecule has 2 fully saturated rings. The third kappa shape index (κ3) is 6.29. The summed E-state index contributed by atoms with van der Waals surface area (Å²) >= 11 is 1.80. The van der Waals surface area contributed by atoms with Crippen molar-refractivity contribution < 1.29 is 4.79 Å². The number of amides is 1. The first-order valence-electron chi connectivity index (χ1n) is 7.05. The number of pyridine rings is 1. The molecule has 2 saturated heterocycles. The smallest absolute Gasteiger partial charge is 0.240 e. The first-order valence-corrected chi connectivity index (χ1v) is 8.20. The van der Waals surface area contributed by atoms with E-state index in [4.69, 9.17) is 0 Å². The fraction of sp³-hybridized carbons (Fsp3) is 0.571. The fourth-order valence-electron chi connectivity index (χ4n) is 2.62. The summed E-state index contributed by atoms with van der Waals surface area (Å²) in [5.41, 5.74) is 1.10. The molecule has 0 aliphatic carbocycles. The van der Waals surface area contributed by atoms with Gasteiger partial charge < -0.3 is 4.90 Å². The zero-order chi connectivity index (χ0) is 13.8. The molecule has 1 aromatic rings. The van der Waals surface area contributed by atoms with Gasteiger partial charge in [-0.25, -0.2) is 0 Å². The van der Waals surface area contributed by atoms with Gasteiger partial charge in [-0.05, 0) is 12.1 Å². The van der Waals surface area contributed by atoms with Crippen LogP contribution in [0.1, 0.15) is 5.69 Å². The van der Waals surface area contributed by atoms with E-state index in [2.05, 4.69) is 21.3 Å². The van der Waals surface area contributed by atoms with Gasteiger partial charge in [0.1, 0.15) is 0 Å². The van der Waals surface area contributed by atoms with Crippen LogP contribution in [-0.2, 0) is 11.3 Å². The summed E-state index contributed by atoms with van der Waals surface area (Å²) in [5, 5.41) is 3.25. The molecule has 3 heterocycles. The second-order valence-electron chi connectivity index (χ2n) is 5.19. The van der Waals surface area contributed by atoms with Crippen molar-refractivity contribution in [2.24, 2.45) is 0 Å². The second-order valence-corrected chi connectivity index (χ2v) is 6.22. The first-order chi connectivity index (χ1) is 9.83. The normalized spacial score (nSPS) is 20.9. The van der Waals surface area contributed by atoms with Gasteiger partial charge >= 0.3 is 0 Å². The van der Waals surface area contributed by atoms with Crippen molar-refractivity contribution in [2.75, 3.05) is 37.8 Å². The highest BCUT2D eigenvalue weighted by Crippen LogP contribution is 2.14. The van der Waals surface area contributed by atoms with E-state index < -0.39 is 0 Å². The monoisotopic (exact) mass is 400 g/mol. The van der Waals surface area contributed by atoms with Crippen molar-refractivity contribution in [1.29, 1.82) is 0 Å². The number of carbonyl (C=O) groups excluding carboxylic acids is 1. The number of carbonyl (C=O) groups is 1. The summed E-state index contributed by atoms with van der Waals surface area (Å²) in [4.78, 5) is 21.0. The zero-order valence-electron chi connectivity index (χ0n) is 12.7. The van der Waals surface area contributed by atoms with Crippen LogP contribution in [0.5, 0.6) is 0 Å². The molecular weight excluding hydrogens is 379 g/mol. The summed E-state index contributed by atoms with van der Waals surface area (Å²) in [6.45, 7) is 4.40. The van der Waals surface area contributed by atoms with E-state index in [1.807, 2.05) is 23.2 Å². The lowest BCUT2D eigenvalue weighted by Crippen LogP contribution is -2.53. The molecule has 132 valence electrons.